The molecule has 0 aromatic heterocycles. The highest BCUT2D eigenvalue weighted by molar-refractivity contribution is 7.89. The van der Waals surface area contributed by atoms with Gasteiger partial charge in [0, 0.05) is 39.4 Å². The van der Waals surface area contributed by atoms with E-state index in [4.69, 9.17) is 14.2 Å². The molecule has 1 fully saturated rings. The molecular weight excluding hydrogens is 430 g/mol. The number of nitro groups is 1. The summed E-state index contributed by atoms with van der Waals surface area (Å²) in [4.78, 5) is 22.5. The molecule has 0 aliphatic carbocycles. The number of methoxy groups -OCH3 is 3. The largest absolute Gasteiger partial charge is 0.469 e. The molecule has 2 rings (SSSR count). The zero-order valence-corrected chi connectivity index (χ0v) is 19.0. The van der Waals surface area contributed by atoms with Crippen LogP contribution < -0.4 is 5.32 Å². The first kappa shape index (κ1) is 25.1. The van der Waals surface area contributed by atoms with Crippen molar-refractivity contribution in [2.45, 2.75) is 43.0 Å². The van der Waals surface area contributed by atoms with Gasteiger partial charge in [-0.3, -0.25) is 14.9 Å². The van der Waals surface area contributed by atoms with Gasteiger partial charge in [-0.15, -0.1) is 0 Å². The number of esters is 1. The predicted octanol–water partition coefficient (Wildman–Crippen LogP) is 1.13. The normalized spacial score (nSPS) is 20.6. The van der Waals surface area contributed by atoms with Crippen LogP contribution >= 0.6 is 0 Å². The van der Waals surface area contributed by atoms with Crippen LogP contribution in [0.5, 0.6) is 0 Å². The summed E-state index contributed by atoms with van der Waals surface area (Å²) in [6.07, 6.45) is -0.314. The highest BCUT2D eigenvalue weighted by atomic mass is 32.2. The molecule has 0 unspecified atom stereocenters. The molecule has 174 valence electrons. The average Bonchev–Trinajstić information content (AvgIpc) is 2.73. The van der Waals surface area contributed by atoms with Gasteiger partial charge in [0.1, 0.15) is 0 Å². The Hall–Kier alpha value is -2.12. The highest BCUT2D eigenvalue weighted by Crippen LogP contribution is 2.31. The second-order valence-corrected chi connectivity index (χ2v) is 9.78. The number of piperidine rings is 1. The summed E-state index contributed by atoms with van der Waals surface area (Å²) in [5.41, 5.74) is -1.24. The zero-order chi connectivity index (χ0) is 23.4. The lowest BCUT2D eigenvalue weighted by molar-refractivity contribution is -0.387. The minimum absolute atomic E-state index is 0.00541. The third-order valence-corrected chi connectivity index (χ3v) is 7.10. The Balaban J connectivity index is 2.40. The highest BCUT2D eigenvalue weighted by Gasteiger charge is 2.42. The van der Waals surface area contributed by atoms with Crippen molar-refractivity contribution in [3.63, 3.8) is 0 Å². The summed E-state index contributed by atoms with van der Waals surface area (Å²) in [5, 5.41) is 14.7. The van der Waals surface area contributed by atoms with E-state index in [1.165, 1.54) is 39.5 Å². The first-order chi connectivity index (χ1) is 14.5. The molecule has 1 heterocycles. The number of nitro benzene ring substituents is 1. The van der Waals surface area contributed by atoms with Crippen molar-refractivity contribution in [1.29, 1.82) is 0 Å². The first-order valence-electron chi connectivity index (χ1n) is 9.62. The third-order valence-electron chi connectivity index (χ3n) is 5.22. The van der Waals surface area contributed by atoms with Gasteiger partial charge >= 0.3 is 5.97 Å². The van der Waals surface area contributed by atoms with Crippen LogP contribution in [0.1, 0.15) is 20.3 Å². The molecule has 1 saturated heterocycles. The van der Waals surface area contributed by atoms with E-state index in [1.807, 2.05) is 13.8 Å². The molecule has 2 atom stereocenters. The second-order valence-electron chi connectivity index (χ2n) is 7.87. The molecule has 0 radical (unpaired) electrons. The molecule has 0 spiro atoms. The van der Waals surface area contributed by atoms with Crippen molar-refractivity contribution in [2.24, 2.45) is 5.92 Å². The maximum Gasteiger partial charge on any atom is 0.310 e. The van der Waals surface area contributed by atoms with Crippen LogP contribution in [0, 0.1) is 16.0 Å². The Kier molecular flexibility index (Phi) is 8.11. The lowest BCUT2D eigenvalue weighted by Crippen LogP contribution is -2.61. The molecule has 0 saturated carbocycles. The van der Waals surface area contributed by atoms with Crippen molar-refractivity contribution in [3.05, 3.63) is 34.4 Å². The van der Waals surface area contributed by atoms with Gasteiger partial charge in [-0.2, -0.15) is 4.31 Å². The SMILES string of the molecule is COC(=O)[C@H]1C[C@@H](NC(C)(C)C(OC)OC)CN(S(=O)(=O)c2ccccc2[N+](=O)[O-])C1. The molecular formula is C19H29N3O8S. The van der Waals surface area contributed by atoms with E-state index in [-0.39, 0.29) is 13.1 Å². The number of hydrogen-bond acceptors (Lipinski definition) is 9. The van der Waals surface area contributed by atoms with Crippen LogP contribution in [-0.2, 0) is 29.0 Å². The number of hydrogen-bond donors (Lipinski definition) is 1. The van der Waals surface area contributed by atoms with Gasteiger partial charge in [-0.05, 0) is 26.3 Å². The molecule has 1 aliphatic heterocycles. The molecule has 0 amide bonds. The predicted molar refractivity (Wildman–Crippen MR) is 111 cm³/mol. The van der Waals surface area contributed by atoms with E-state index in [0.29, 0.717) is 6.42 Å². The van der Waals surface area contributed by atoms with E-state index < -0.39 is 55.3 Å². The number of carbonyl (C=O) groups is 1. The Bertz CT molecular complexity index is 901. The van der Waals surface area contributed by atoms with Crippen LogP contribution in [0.15, 0.2) is 29.2 Å². The number of carbonyl (C=O) groups excluding carboxylic acids is 1. The van der Waals surface area contributed by atoms with Gasteiger partial charge in [0.15, 0.2) is 11.2 Å². The molecule has 1 aromatic carbocycles. The molecule has 1 aromatic rings. The fourth-order valence-electron chi connectivity index (χ4n) is 3.94. The molecule has 1 N–H and O–H groups in total. The van der Waals surface area contributed by atoms with Gasteiger partial charge in [-0.25, -0.2) is 8.42 Å². The minimum atomic E-state index is -4.25. The van der Waals surface area contributed by atoms with Crippen LogP contribution in [0.2, 0.25) is 0 Å². The number of benzene rings is 1. The quantitative estimate of drug-likeness (QED) is 0.249. The standard InChI is InChI=1S/C19H29N3O8S/c1-19(2,18(29-4)30-5)20-14-10-13(17(23)28-3)11-21(12-14)31(26,27)16-9-7-6-8-15(16)22(24)25/h6-9,13-14,18,20H,10-12H2,1-5H3/t13-,14+/m0/s1. The summed E-state index contributed by atoms with van der Waals surface area (Å²) in [5.74, 6) is -1.30. The van der Waals surface area contributed by atoms with Crippen molar-refractivity contribution < 1.29 is 32.3 Å². The minimum Gasteiger partial charge on any atom is -0.469 e. The monoisotopic (exact) mass is 459 g/mol. The van der Waals surface area contributed by atoms with Crippen LogP contribution in [0.3, 0.4) is 0 Å². The molecule has 31 heavy (non-hydrogen) atoms. The average molecular weight is 460 g/mol. The molecule has 1 aliphatic rings. The van der Waals surface area contributed by atoms with Gasteiger partial charge in [0.2, 0.25) is 10.0 Å². The summed E-state index contributed by atoms with van der Waals surface area (Å²) in [6, 6.07) is 4.68. The van der Waals surface area contributed by atoms with E-state index in [9.17, 15) is 23.3 Å². The second kappa shape index (κ2) is 10.0. The zero-order valence-electron chi connectivity index (χ0n) is 18.2. The number of nitrogens with zero attached hydrogens (tertiary/aromatic N) is 2. The Morgan fingerprint density at radius 2 is 1.84 bits per heavy atom. The Morgan fingerprint density at radius 3 is 2.39 bits per heavy atom. The lowest BCUT2D eigenvalue weighted by Gasteiger charge is -2.42. The van der Waals surface area contributed by atoms with Gasteiger partial charge in [0.25, 0.3) is 5.69 Å². The summed E-state index contributed by atoms with van der Waals surface area (Å²) in [7, 11) is -0.0444. The van der Waals surface area contributed by atoms with E-state index in [2.05, 4.69) is 5.32 Å². The van der Waals surface area contributed by atoms with E-state index >= 15 is 0 Å². The smallest absolute Gasteiger partial charge is 0.310 e. The van der Waals surface area contributed by atoms with Gasteiger partial charge in [0.05, 0.1) is 23.5 Å². The summed E-state index contributed by atoms with van der Waals surface area (Å²) >= 11 is 0. The van der Waals surface area contributed by atoms with Crippen LogP contribution in [0.25, 0.3) is 0 Å². The number of ether oxygens (including phenoxy) is 3. The summed E-state index contributed by atoms with van der Waals surface area (Å²) in [6.45, 7) is 3.52. The van der Waals surface area contributed by atoms with Crippen molar-refractivity contribution in [1.82, 2.24) is 9.62 Å². The van der Waals surface area contributed by atoms with E-state index in [1.54, 1.807) is 0 Å². The maximum absolute atomic E-state index is 13.3. The Labute approximate surface area is 181 Å². The van der Waals surface area contributed by atoms with Gasteiger partial charge in [-0.1, -0.05) is 12.1 Å². The fraction of sp³-hybridized carbons (Fsp3) is 0.632. The van der Waals surface area contributed by atoms with Gasteiger partial charge < -0.3 is 19.5 Å². The maximum atomic E-state index is 13.3. The Morgan fingerprint density at radius 1 is 1.23 bits per heavy atom. The fourth-order valence-corrected chi connectivity index (χ4v) is 5.63. The van der Waals surface area contributed by atoms with Crippen LogP contribution in [0.4, 0.5) is 5.69 Å². The number of para-hydroxylation sites is 1. The summed E-state index contributed by atoms with van der Waals surface area (Å²) < 4.78 is 43.2. The van der Waals surface area contributed by atoms with Crippen molar-refractivity contribution in [2.75, 3.05) is 34.4 Å². The number of nitrogens with one attached hydrogen (secondary N) is 1. The number of rotatable bonds is 9. The third kappa shape index (κ3) is 5.57. The lowest BCUT2D eigenvalue weighted by atomic mass is 9.93. The molecule has 11 nitrogen and oxygen atoms in total. The molecule has 12 heteroatoms. The van der Waals surface area contributed by atoms with Crippen molar-refractivity contribution >= 4 is 21.7 Å². The number of sulfonamides is 1. The van der Waals surface area contributed by atoms with Crippen LogP contribution in [-0.4, -0.2) is 75.9 Å². The van der Waals surface area contributed by atoms with E-state index in [0.717, 1.165) is 10.4 Å². The topological polar surface area (TPSA) is 137 Å². The molecule has 0 bridgehead atoms. The van der Waals surface area contributed by atoms with Crippen molar-refractivity contribution in [3.8, 4) is 0 Å². The first-order valence-corrected chi connectivity index (χ1v) is 11.1.